The zero-order valence-corrected chi connectivity index (χ0v) is 22.5. The molecule has 0 fully saturated rings. The van der Waals surface area contributed by atoms with Gasteiger partial charge in [-0.3, -0.25) is 9.59 Å². The summed E-state index contributed by atoms with van der Waals surface area (Å²) in [6, 6.07) is 10.4. The van der Waals surface area contributed by atoms with Crippen LogP contribution in [0, 0.1) is 0 Å². The predicted molar refractivity (Wildman–Crippen MR) is 143 cm³/mol. The molecule has 2 aromatic carbocycles. The largest absolute Gasteiger partial charge is 0.495 e. The smallest absolute Gasteiger partial charge is 0.244 e. The van der Waals surface area contributed by atoms with Crippen molar-refractivity contribution in [3.8, 4) is 17.2 Å². The molecule has 3 rings (SSSR count). The molecule has 1 aromatic heterocycles. The van der Waals surface area contributed by atoms with E-state index in [0.717, 1.165) is 5.56 Å². The zero-order chi connectivity index (χ0) is 26.8. The molecule has 10 nitrogen and oxygen atoms in total. The average molecular weight is 546 g/mol. The van der Waals surface area contributed by atoms with E-state index < -0.39 is 0 Å². The third kappa shape index (κ3) is 7.64. The summed E-state index contributed by atoms with van der Waals surface area (Å²) >= 11 is 7.26. The topological polar surface area (TPSA) is 117 Å². The highest BCUT2D eigenvalue weighted by Crippen LogP contribution is 2.29. The number of aromatic nitrogens is 3. The lowest BCUT2D eigenvalue weighted by atomic mass is 10.2. The normalized spacial score (nSPS) is 10.8. The first-order valence-electron chi connectivity index (χ1n) is 11.2. The van der Waals surface area contributed by atoms with Crippen molar-refractivity contribution in [2.45, 2.75) is 25.2 Å². The number of hydrogen-bond donors (Lipinski definition) is 2. The van der Waals surface area contributed by atoms with Crippen molar-refractivity contribution in [3.05, 3.63) is 58.9 Å². The standard InChI is InChI=1S/C25H28ClN5O5S/c1-5-31-22(14-27-23(32)11-7-16-6-9-20(35-3)21(12-16)36-4)29-30-25(31)37-15-24(33)28-18-13-17(26)8-10-19(18)34-2/h6-13H,5,14-15H2,1-4H3,(H,27,32)(H,28,33)/b11-7+. The van der Waals surface area contributed by atoms with Gasteiger partial charge in [-0.1, -0.05) is 29.4 Å². The van der Waals surface area contributed by atoms with Crippen LogP contribution in [0.5, 0.6) is 17.2 Å². The van der Waals surface area contributed by atoms with Crippen LogP contribution in [0.2, 0.25) is 5.02 Å². The van der Waals surface area contributed by atoms with Gasteiger partial charge in [0.1, 0.15) is 5.75 Å². The molecule has 0 aliphatic carbocycles. The third-order valence-corrected chi connectivity index (χ3v) is 6.34. The Kier molecular flexibility index (Phi) is 10.2. The van der Waals surface area contributed by atoms with Gasteiger partial charge < -0.3 is 29.4 Å². The second-order valence-electron chi connectivity index (χ2n) is 7.49. The van der Waals surface area contributed by atoms with Crippen LogP contribution < -0.4 is 24.8 Å². The number of nitrogens with one attached hydrogen (secondary N) is 2. The highest BCUT2D eigenvalue weighted by atomic mass is 35.5. The van der Waals surface area contributed by atoms with Crippen LogP contribution in [0.1, 0.15) is 18.3 Å². The molecule has 2 amide bonds. The quantitative estimate of drug-likeness (QED) is 0.259. The number of carbonyl (C=O) groups is 2. The molecule has 2 N–H and O–H groups in total. The van der Waals surface area contributed by atoms with Crippen molar-refractivity contribution in [2.24, 2.45) is 0 Å². The number of amides is 2. The van der Waals surface area contributed by atoms with E-state index in [1.807, 2.05) is 17.6 Å². The molecule has 3 aromatic rings. The Morgan fingerprint density at radius 3 is 2.46 bits per heavy atom. The summed E-state index contributed by atoms with van der Waals surface area (Å²) in [5.74, 6) is 1.85. The number of halogens is 1. The van der Waals surface area contributed by atoms with E-state index in [2.05, 4.69) is 20.8 Å². The second-order valence-corrected chi connectivity index (χ2v) is 8.87. The lowest BCUT2D eigenvalue weighted by molar-refractivity contribution is -0.116. The maximum absolute atomic E-state index is 12.5. The molecule has 37 heavy (non-hydrogen) atoms. The van der Waals surface area contributed by atoms with Crippen LogP contribution in [0.25, 0.3) is 6.08 Å². The number of ether oxygens (including phenoxy) is 3. The maximum atomic E-state index is 12.5. The molecular formula is C25H28ClN5O5S. The van der Waals surface area contributed by atoms with Crippen LogP contribution in [0.15, 0.2) is 47.6 Å². The van der Waals surface area contributed by atoms with E-state index >= 15 is 0 Å². The highest BCUT2D eigenvalue weighted by molar-refractivity contribution is 7.99. The molecule has 0 unspecified atom stereocenters. The molecule has 0 saturated carbocycles. The minimum Gasteiger partial charge on any atom is -0.495 e. The number of hydrogen-bond acceptors (Lipinski definition) is 8. The monoisotopic (exact) mass is 545 g/mol. The molecule has 0 atom stereocenters. The number of nitrogens with zero attached hydrogens (tertiary/aromatic N) is 3. The summed E-state index contributed by atoms with van der Waals surface area (Å²) in [4.78, 5) is 24.8. The number of rotatable bonds is 12. The van der Waals surface area contributed by atoms with E-state index in [4.69, 9.17) is 25.8 Å². The van der Waals surface area contributed by atoms with Crippen molar-refractivity contribution in [1.82, 2.24) is 20.1 Å². The van der Waals surface area contributed by atoms with Crippen molar-refractivity contribution in [1.29, 1.82) is 0 Å². The highest BCUT2D eigenvalue weighted by Gasteiger charge is 2.15. The molecular weight excluding hydrogens is 518 g/mol. The molecule has 0 aliphatic rings. The second kappa shape index (κ2) is 13.6. The molecule has 0 saturated heterocycles. The number of thioether (sulfide) groups is 1. The maximum Gasteiger partial charge on any atom is 0.244 e. The van der Waals surface area contributed by atoms with Gasteiger partial charge in [-0.05, 0) is 48.9 Å². The fourth-order valence-corrected chi connectivity index (χ4v) is 4.32. The molecule has 1 heterocycles. The molecule has 0 radical (unpaired) electrons. The van der Waals surface area contributed by atoms with Crippen molar-refractivity contribution in [2.75, 3.05) is 32.4 Å². The summed E-state index contributed by atoms with van der Waals surface area (Å²) in [5, 5.41) is 15.0. The molecule has 0 bridgehead atoms. The summed E-state index contributed by atoms with van der Waals surface area (Å²) in [7, 11) is 4.63. The minimum atomic E-state index is -0.288. The third-order valence-electron chi connectivity index (χ3n) is 5.13. The van der Waals surface area contributed by atoms with Gasteiger partial charge in [0.15, 0.2) is 22.5 Å². The summed E-state index contributed by atoms with van der Waals surface area (Å²) in [5.41, 5.74) is 1.28. The van der Waals surface area contributed by atoms with Crippen LogP contribution in [-0.2, 0) is 22.7 Å². The number of benzene rings is 2. The van der Waals surface area contributed by atoms with Crippen LogP contribution in [0.4, 0.5) is 5.69 Å². The van der Waals surface area contributed by atoms with Crippen molar-refractivity contribution >= 4 is 46.9 Å². The van der Waals surface area contributed by atoms with Crippen LogP contribution in [0.3, 0.4) is 0 Å². The van der Waals surface area contributed by atoms with E-state index in [1.165, 1.54) is 24.9 Å². The van der Waals surface area contributed by atoms with Gasteiger partial charge in [-0.25, -0.2) is 0 Å². The Balaban J connectivity index is 1.55. The number of anilines is 1. The minimum absolute atomic E-state index is 0.105. The SMILES string of the molecule is CCn1c(CNC(=O)/C=C/c2ccc(OC)c(OC)c2)nnc1SCC(=O)Nc1cc(Cl)ccc1OC. The Hall–Kier alpha value is -3.70. The van der Waals surface area contributed by atoms with E-state index in [0.29, 0.717) is 45.5 Å². The van der Waals surface area contributed by atoms with Crippen LogP contribution >= 0.6 is 23.4 Å². The summed E-state index contributed by atoms with van der Waals surface area (Å²) in [6.07, 6.45) is 3.11. The first-order valence-corrected chi connectivity index (χ1v) is 12.6. The number of methoxy groups -OCH3 is 3. The molecule has 0 spiro atoms. The van der Waals surface area contributed by atoms with Crippen molar-refractivity contribution < 1.29 is 23.8 Å². The van der Waals surface area contributed by atoms with Gasteiger partial charge in [0.2, 0.25) is 11.8 Å². The summed E-state index contributed by atoms with van der Waals surface area (Å²) < 4.78 is 17.6. The van der Waals surface area contributed by atoms with E-state index in [9.17, 15) is 9.59 Å². The van der Waals surface area contributed by atoms with Gasteiger partial charge >= 0.3 is 0 Å². The van der Waals surface area contributed by atoms with Crippen molar-refractivity contribution in [3.63, 3.8) is 0 Å². The lowest BCUT2D eigenvalue weighted by Crippen LogP contribution is -2.22. The first kappa shape index (κ1) is 27.9. The Bertz CT molecular complexity index is 1280. The zero-order valence-electron chi connectivity index (χ0n) is 20.9. The average Bonchev–Trinajstić information content (AvgIpc) is 3.31. The Morgan fingerprint density at radius 2 is 1.76 bits per heavy atom. The molecule has 12 heteroatoms. The number of carbonyl (C=O) groups excluding carboxylic acids is 2. The van der Waals surface area contributed by atoms with Gasteiger partial charge in [0, 0.05) is 17.6 Å². The van der Waals surface area contributed by atoms with Crippen LogP contribution in [-0.4, -0.2) is 53.7 Å². The van der Waals surface area contributed by atoms with Gasteiger partial charge in [-0.2, -0.15) is 0 Å². The molecule has 196 valence electrons. The summed E-state index contributed by atoms with van der Waals surface area (Å²) in [6.45, 7) is 2.70. The van der Waals surface area contributed by atoms with Gasteiger partial charge in [0.25, 0.3) is 0 Å². The van der Waals surface area contributed by atoms with Gasteiger partial charge in [0.05, 0.1) is 39.3 Å². The first-order chi connectivity index (χ1) is 17.9. The van der Waals surface area contributed by atoms with E-state index in [1.54, 1.807) is 50.6 Å². The Labute approximate surface area is 224 Å². The fraction of sp³-hybridized carbons (Fsp3) is 0.280. The predicted octanol–water partition coefficient (Wildman–Crippen LogP) is 4.04. The molecule has 0 aliphatic heterocycles. The Morgan fingerprint density at radius 1 is 1.03 bits per heavy atom. The van der Waals surface area contributed by atoms with Gasteiger partial charge in [-0.15, -0.1) is 10.2 Å². The van der Waals surface area contributed by atoms with E-state index in [-0.39, 0.29) is 24.1 Å². The fourth-order valence-electron chi connectivity index (χ4n) is 3.32. The lowest BCUT2D eigenvalue weighted by Gasteiger charge is -2.11.